The molecule has 6 nitrogen and oxygen atoms in total. The summed E-state index contributed by atoms with van der Waals surface area (Å²) in [5, 5.41) is 15.6. The lowest BCUT2D eigenvalue weighted by atomic mass is 9.86. The van der Waals surface area contributed by atoms with Crippen LogP contribution in [-0.4, -0.2) is 31.1 Å². The van der Waals surface area contributed by atoms with Gasteiger partial charge in [0.15, 0.2) is 5.96 Å². The molecule has 6 heteroatoms. The summed E-state index contributed by atoms with van der Waals surface area (Å²) in [6, 6.07) is 9.91. The lowest BCUT2D eigenvalue weighted by molar-refractivity contribution is -0.149. The van der Waals surface area contributed by atoms with Crippen LogP contribution in [0.3, 0.4) is 0 Å². The van der Waals surface area contributed by atoms with Gasteiger partial charge in [-0.2, -0.15) is 5.26 Å². The number of rotatable bonds is 6. The Balaban J connectivity index is 1.87. The predicted octanol–water partition coefficient (Wildman–Crippen LogP) is 2.74. The fourth-order valence-corrected chi connectivity index (χ4v) is 3.10. The average molecular weight is 356 g/mol. The SMILES string of the molecule is CCNC(=NCc1ccc(C#N)cc1)NC1CCC(C(=O)OCC)CC1. The van der Waals surface area contributed by atoms with Crippen LogP contribution in [0.15, 0.2) is 29.3 Å². The molecule has 2 N–H and O–H groups in total. The largest absolute Gasteiger partial charge is 0.466 e. The van der Waals surface area contributed by atoms with E-state index in [0.717, 1.165) is 43.8 Å². The molecule has 0 unspecified atom stereocenters. The molecule has 2 rings (SSSR count). The molecule has 0 spiro atoms. The number of aliphatic imine (C=N–C) groups is 1. The van der Waals surface area contributed by atoms with E-state index in [2.05, 4.69) is 21.7 Å². The van der Waals surface area contributed by atoms with Crippen molar-refractivity contribution in [3.8, 4) is 6.07 Å². The summed E-state index contributed by atoms with van der Waals surface area (Å²) >= 11 is 0. The van der Waals surface area contributed by atoms with E-state index in [1.165, 1.54) is 0 Å². The van der Waals surface area contributed by atoms with Crippen molar-refractivity contribution < 1.29 is 9.53 Å². The third kappa shape index (κ3) is 6.07. The summed E-state index contributed by atoms with van der Waals surface area (Å²) < 4.78 is 5.12. The summed E-state index contributed by atoms with van der Waals surface area (Å²) in [5.74, 6) is 0.759. The van der Waals surface area contributed by atoms with Crippen molar-refractivity contribution in [3.05, 3.63) is 35.4 Å². The van der Waals surface area contributed by atoms with Crippen LogP contribution in [0, 0.1) is 17.2 Å². The predicted molar refractivity (Wildman–Crippen MR) is 101 cm³/mol. The highest BCUT2D eigenvalue weighted by Crippen LogP contribution is 2.25. The zero-order chi connectivity index (χ0) is 18.8. The van der Waals surface area contributed by atoms with E-state index in [1.807, 2.05) is 38.1 Å². The fraction of sp³-hybridized carbons (Fsp3) is 0.550. The highest BCUT2D eigenvalue weighted by molar-refractivity contribution is 5.80. The van der Waals surface area contributed by atoms with Gasteiger partial charge < -0.3 is 15.4 Å². The van der Waals surface area contributed by atoms with Crippen LogP contribution in [0.1, 0.15) is 50.7 Å². The molecule has 1 saturated carbocycles. The van der Waals surface area contributed by atoms with Gasteiger partial charge in [0.1, 0.15) is 0 Å². The van der Waals surface area contributed by atoms with E-state index in [1.54, 1.807) is 0 Å². The Morgan fingerprint density at radius 2 is 1.92 bits per heavy atom. The van der Waals surface area contributed by atoms with Crippen LogP contribution in [0.4, 0.5) is 0 Å². The van der Waals surface area contributed by atoms with E-state index in [0.29, 0.717) is 24.8 Å². The molecule has 0 bridgehead atoms. The molecule has 1 aromatic carbocycles. The first-order valence-electron chi connectivity index (χ1n) is 9.36. The Morgan fingerprint density at radius 3 is 2.50 bits per heavy atom. The van der Waals surface area contributed by atoms with Gasteiger partial charge in [0, 0.05) is 12.6 Å². The number of nitrogens with zero attached hydrogens (tertiary/aromatic N) is 2. The van der Waals surface area contributed by atoms with E-state index in [4.69, 9.17) is 10.00 Å². The molecule has 1 aliphatic rings. The second-order valence-electron chi connectivity index (χ2n) is 6.45. The molecule has 0 heterocycles. The van der Waals surface area contributed by atoms with Gasteiger partial charge in [-0.25, -0.2) is 4.99 Å². The van der Waals surface area contributed by atoms with Crippen molar-refractivity contribution in [2.24, 2.45) is 10.9 Å². The first kappa shape index (κ1) is 19.8. The molecule has 0 radical (unpaired) electrons. The van der Waals surface area contributed by atoms with Crippen LogP contribution in [0.2, 0.25) is 0 Å². The van der Waals surface area contributed by atoms with Crippen LogP contribution in [0.25, 0.3) is 0 Å². The van der Waals surface area contributed by atoms with Crippen molar-refractivity contribution in [3.63, 3.8) is 0 Å². The van der Waals surface area contributed by atoms with E-state index < -0.39 is 0 Å². The molecule has 26 heavy (non-hydrogen) atoms. The molecule has 0 aromatic heterocycles. The minimum absolute atomic E-state index is 0.0335. The van der Waals surface area contributed by atoms with Gasteiger partial charge in [-0.1, -0.05) is 12.1 Å². The molecular weight excluding hydrogens is 328 g/mol. The lowest BCUT2D eigenvalue weighted by Crippen LogP contribution is -2.45. The molecule has 0 amide bonds. The zero-order valence-electron chi connectivity index (χ0n) is 15.6. The normalized spacial score (nSPS) is 20.1. The van der Waals surface area contributed by atoms with Gasteiger partial charge in [-0.3, -0.25) is 4.79 Å². The number of esters is 1. The van der Waals surface area contributed by atoms with Gasteiger partial charge in [0.05, 0.1) is 30.7 Å². The number of nitrogens with one attached hydrogen (secondary N) is 2. The number of carbonyl (C=O) groups excluding carboxylic acids is 1. The third-order valence-corrected chi connectivity index (χ3v) is 4.53. The Hall–Kier alpha value is -2.55. The number of hydrogen-bond donors (Lipinski definition) is 2. The molecule has 1 aromatic rings. The second kappa shape index (κ2) is 10.4. The molecule has 0 saturated heterocycles. The number of guanidine groups is 1. The van der Waals surface area contributed by atoms with Crippen LogP contribution in [-0.2, 0) is 16.1 Å². The highest BCUT2D eigenvalue weighted by atomic mass is 16.5. The quantitative estimate of drug-likeness (QED) is 0.465. The molecular formula is C20H28N4O2. The maximum absolute atomic E-state index is 11.8. The van der Waals surface area contributed by atoms with Crippen LogP contribution in [0.5, 0.6) is 0 Å². The Kier molecular flexibility index (Phi) is 7.94. The van der Waals surface area contributed by atoms with Crippen LogP contribution < -0.4 is 10.6 Å². The molecule has 1 aliphatic carbocycles. The first-order valence-corrected chi connectivity index (χ1v) is 9.36. The Morgan fingerprint density at radius 1 is 1.23 bits per heavy atom. The number of hydrogen-bond acceptors (Lipinski definition) is 4. The van der Waals surface area contributed by atoms with Crippen molar-refractivity contribution in [2.75, 3.05) is 13.2 Å². The van der Waals surface area contributed by atoms with Crippen molar-refractivity contribution in [1.29, 1.82) is 5.26 Å². The topological polar surface area (TPSA) is 86.5 Å². The van der Waals surface area contributed by atoms with Crippen molar-refractivity contribution >= 4 is 11.9 Å². The Bertz CT molecular complexity index is 641. The van der Waals surface area contributed by atoms with Crippen LogP contribution >= 0.6 is 0 Å². The van der Waals surface area contributed by atoms with E-state index in [-0.39, 0.29) is 11.9 Å². The van der Waals surface area contributed by atoms with Crippen molar-refractivity contribution in [1.82, 2.24) is 10.6 Å². The van der Waals surface area contributed by atoms with Gasteiger partial charge in [0.25, 0.3) is 0 Å². The standard InChI is InChI=1S/C20H28N4O2/c1-3-22-20(23-14-16-7-5-15(13-21)6-8-16)24-18-11-9-17(10-12-18)19(25)26-4-2/h5-8,17-18H,3-4,9-12,14H2,1-2H3,(H2,22,23,24). The third-order valence-electron chi connectivity index (χ3n) is 4.53. The van der Waals surface area contributed by atoms with Gasteiger partial charge in [-0.05, 0) is 57.2 Å². The molecule has 0 aliphatic heterocycles. The number of carbonyl (C=O) groups is 1. The second-order valence-corrected chi connectivity index (χ2v) is 6.45. The van der Waals surface area contributed by atoms with Gasteiger partial charge >= 0.3 is 5.97 Å². The summed E-state index contributed by atoms with van der Waals surface area (Å²) in [6.45, 7) is 5.68. The van der Waals surface area contributed by atoms with E-state index in [9.17, 15) is 4.79 Å². The molecule has 1 fully saturated rings. The average Bonchev–Trinajstić information content (AvgIpc) is 2.67. The minimum atomic E-state index is -0.0626. The van der Waals surface area contributed by atoms with Gasteiger partial charge in [0.2, 0.25) is 0 Å². The maximum atomic E-state index is 11.8. The Labute approximate surface area is 155 Å². The number of benzene rings is 1. The highest BCUT2D eigenvalue weighted by Gasteiger charge is 2.27. The zero-order valence-corrected chi connectivity index (χ0v) is 15.6. The smallest absolute Gasteiger partial charge is 0.308 e. The molecule has 140 valence electrons. The summed E-state index contributed by atoms with van der Waals surface area (Å²) in [7, 11) is 0. The summed E-state index contributed by atoms with van der Waals surface area (Å²) in [5.41, 5.74) is 1.72. The number of ether oxygens (including phenoxy) is 1. The maximum Gasteiger partial charge on any atom is 0.308 e. The number of nitriles is 1. The minimum Gasteiger partial charge on any atom is -0.466 e. The van der Waals surface area contributed by atoms with Gasteiger partial charge in [-0.15, -0.1) is 0 Å². The first-order chi connectivity index (χ1) is 12.7. The molecule has 0 atom stereocenters. The van der Waals surface area contributed by atoms with Crippen molar-refractivity contribution in [2.45, 2.75) is 52.1 Å². The van der Waals surface area contributed by atoms with E-state index >= 15 is 0 Å². The summed E-state index contributed by atoms with van der Waals surface area (Å²) in [6.07, 6.45) is 3.58. The summed E-state index contributed by atoms with van der Waals surface area (Å²) in [4.78, 5) is 16.5. The monoisotopic (exact) mass is 356 g/mol. The lowest BCUT2D eigenvalue weighted by Gasteiger charge is -2.29. The fourth-order valence-electron chi connectivity index (χ4n) is 3.10.